The monoisotopic (exact) mass is 362 g/mol. The van der Waals surface area contributed by atoms with Gasteiger partial charge in [-0.2, -0.15) is 0 Å². The van der Waals surface area contributed by atoms with E-state index in [-0.39, 0.29) is 18.4 Å². The second-order valence-corrected chi connectivity index (χ2v) is 6.50. The van der Waals surface area contributed by atoms with E-state index in [4.69, 9.17) is 9.47 Å². The van der Waals surface area contributed by atoms with Crippen LogP contribution >= 0.6 is 0 Å². The van der Waals surface area contributed by atoms with Gasteiger partial charge in [0.1, 0.15) is 11.5 Å². The molecule has 6 heteroatoms. The van der Waals surface area contributed by atoms with E-state index >= 15 is 0 Å². The number of rotatable bonds is 10. The van der Waals surface area contributed by atoms with Crippen LogP contribution in [0.3, 0.4) is 0 Å². The third kappa shape index (κ3) is 7.33. The molecule has 0 unspecified atom stereocenters. The van der Waals surface area contributed by atoms with Crippen LogP contribution in [0.1, 0.15) is 45.4 Å². The molecule has 144 valence electrons. The molecule has 1 N–H and O–H groups in total. The van der Waals surface area contributed by atoms with Crippen molar-refractivity contribution in [2.24, 2.45) is 0 Å². The Kier molecular flexibility index (Phi) is 8.79. The second kappa shape index (κ2) is 11.4. The molecule has 0 saturated carbocycles. The van der Waals surface area contributed by atoms with Gasteiger partial charge in [0.05, 0.1) is 6.61 Å². The Balaban J connectivity index is 1.59. The molecule has 26 heavy (non-hydrogen) atoms. The van der Waals surface area contributed by atoms with Crippen molar-refractivity contribution >= 4 is 11.8 Å². The molecule has 1 fully saturated rings. The molecular weight excluding hydrogens is 332 g/mol. The van der Waals surface area contributed by atoms with Gasteiger partial charge in [-0.1, -0.05) is 13.3 Å². The zero-order valence-electron chi connectivity index (χ0n) is 15.7. The van der Waals surface area contributed by atoms with E-state index in [0.29, 0.717) is 31.9 Å². The highest BCUT2D eigenvalue weighted by molar-refractivity contribution is 5.77. The molecule has 1 aliphatic heterocycles. The van der Waals surface area contributed by atoms with Crippen molar-refractivity contribution in [3.05, 3.63) is 24.3 Å². The summed E-state index contributed by atoms with van der Waals surface area (Å²) in [7, 11) is 0. The lowest BCUT2D eigenvalue weighted by molar-refractivity contribution is -0.130. The standard InChI is InChI=1S/C20H30N2O4/c1-2-15-25-17-8-10-18(11-9-17)26-16-19(23)21-12-6-14-22-13-5-3-4-7-20(22)24/h8-11H,2-7,12-16H2,1H3,(H,21,23). The number of nitrogens with one attached hydrogen (secondary N) is 1. The van der Waals surface area contributed by atoms with Crippen LogP contribution < -0.4 is 14.8 Å². The Hall–Kier alpha value is -2.24. The first kappa shape index (κ1) is 20.1. The van der Waals surface area contributed by atoms with Gasteiger partial charge in [0.15, 0.2) is 6.61 Å². The molecule has 1 heterocycles. The van der Waals surface area contributed by atoms with Crippen LogP contribution in [0.15, 0.2) is 24.3 Å². The third-order valence-electron chi connectivity index (χ3n) is 4.26. The lowest BCUT2D eigenvalue weighted by Crippen LogP contribution is -2.35. The summed E-state index contributed by atoms with van der Waals surface area (Å²) in [5.74, 6) is 1.52. The summed E-state index contributed by atoms with van der Waals surface area (Å²) in [6.07, 6.45) is 5.58. The van der Waals surface area contributed by atoms with Crippen molar-refractivity contribution in [2.45, 2.75) is 45.4 Å². The number of likely N-dealkylation sites (tertiary alicyclic amines) is 1. The molecule has 1 aliphatic rings. The average Bonchev–Trinajstić information content (AvgIpc) is 2.87. The van der Waals surface area contributed by atoms with Crippen LogP contribution in [0.2, 0.25) is 0 Å². The fourth-order valence-corrected chi connectivity index (χ4v) is 2.82. The first-order chi connectivity index (χ1) is 12.7. The second-order valence-electron chi connectivity index (χ2n) is 6.50. The van der Waals surface area contributed by atoms with Gasteiger partial charge in [-0.05, 0) is 49.9 Å². The maximum atomic E-state index is 11.9. The van der Waals surface area contributed by atoms with Crippen molar-refractivity contribution in [2.75, 3.05) is 32.8 Å². The number of hydrogen-bond donors (Lipinski definition) is 1. The van der Waals surface area contributed by atoms with E-state index in [2.05, 4.69) is 12.2 Å². The highest BCUT2D eigenvalue weighted by Gasteiger charge is 2.15. The SMILES string of the molecule is CCCOc1ccc(OCC(=O)NCCCN2CCCCCC2=O)cc1. The predicted octanol–water partition coefficient (Wildman–Crippen LogP) is 2.76. The molecule has 2 rings (SSSR count). The number of amides is 2. The van der Waals surface area contributed by atoms with Crippen molar-refractivity contribution in [1.29, 1.82) is 0 Å². The largest absolute Gasteiger partial charge is 0.494 e. The molecule has 0 aliphatic carbocycles. The molecule has 0 radical (unpaired) electrons. The number of carbonyl (C=O) groups is 2. The van der Waals surface area contributed by atoms with Crippen LogP contribution in [0.5, 0.6) is 11.5 Å². The average molecular weight is 362 g/mol. The zero-order valence-corrected chi connectivity index (χ0v) is 15.7. The number of benzene rings is 1. The maximum Gasteiger partial charge on any atom is 0.257 e. The van der Waals surface area contributed by atoms with Crippen LogP contribution in [0.25, 0.3) is 0 Å². The molecule has 0 atom stereocenters. The van der Waals surface area contributed by atoms with Gasteiger partial charge in [0.25, 0.3) is 5.91 Å². The van der Waals surface area contributed by atoms with E-state index in [1.165, 1.54) is 0 Å². The van der Waals surface area contributed by atoms with Gasteiger partial charge in [-0.3, -0.25) is 9.59 Å². The molecule has 1 aromatic rings. The van der Waals surface area contributed by atoms with Crippen LogP contribution in [0.4, 0.5) is 0 Å². The fraction of sp³-hybridized carbons (Fsp3) is 0.600. The molecule has 1 saturated heterocycles. The Morgan fingerprint density at radius 2 is 1.85 bits per heavy atom. The quantitative estimate of drug-likeness (QED) is 0.650. The van der Waals surface area contributed by atoms with Crippen molar-refractivity contribution < 1.29 is 19.1 Å². The third-order valence-corrected chi connectivity index (χ3v) is 4.26. The normalized spacial score (nSPS) is 14.7. The molecule has 0 bridgehead atoms. The minimum absolute atomic E-state index is 0.0161. The highest BCUT2D eigenvalue weighted by atomic mass is 16.5. The summed E-state index contributed by atoms with van der Waals surface area (Å²) in [6, 6.07) is 7.26. The summed E-state index contributed by atoms with van der Waals surface area (Å²) in [5.41, 5.74) is 0. The van der Waals surface area contributed by atoms with E-state index in [1.807, 2.05) is 17.0 Å². The van der Waals surface area contributed by atoms with E-state index in [9.17, 15) is 9.59 Å². The fourth-order valence-electron chi connectivity index (χ4n) is 2.82. The van der Waals surface area contributed by atoms with E-state index < -0.39 is 0 Å². The minimum Gasteiger partial charge on any atom is -0.494 e. The number of hydrogen-bond acceptors (Lipinski definition) is 4. The van der Waals surface area contributed by atoms with Crippen LogP contribution in [-0.2, 0) is 9.59 Å². The molecule has 6 nitrogen and oxygen atoms in total. The molecular formula is C20H30N2O4. The van der Waals surface area contributed by atoms with Crippen LogP contribution in [-0.4, -0.2) is 49.6 Å². The summed E-state index contributed by atoms with van der Waals surface area (Å²) < 4.78 is 11.0. The van der Waals surface area contributed by atoms with Crippen LogP contribution in [0, 0.1) is 0 Å². The van der Waals surface area contributed by atoms with Gasteiger partial charge in [0, 0.05) is 26.1 Å². The molecule has 0 spiro atoms. The molecule has 0 aromatic heterocycles. The Morgan fingerprint density at radius 3 is 2.58 bits per heavy atom. The first-order valence-corrected chi connectivity index (χ1v) is 9.59. The van der Waals surface area contributed by atoms with Crippen molar-refractivity contribution in [1.82, 2.24) is 10.2 Å². The summed E-state index contributed by atoms with van der Waals surface area (Å²) in [6.45, 7) is 4.83. The lowest BCUT2D eigenvalue weighted by atomic mass is 10.2. The summed E-state index contributed by atoms with van der Waals surface area (Å²) >= 11 is 0. The van der Waals surface area contributed by atoms with E-state index in [0.717, 1.165) is 44.4 Å². The lowest BCUT2D eigenvalue weighted by Gasteiger charge is -2.20. The predicted molar refractivity (Wildman–Crippen MR) is 100 cm³/mol. The Labute approximate surface area is 155 Å². The van der Waals surface area contributed by atoms with E-state index in [1.54, 1.807) is 12.1 Å². The van der Waals surface area contributed by atoms with Crippen molar-refractivity contribution in [3.8, 4) is 11.5 Å². The van der Waals surface area contributed by atoms with Crippen molar-refractivity contribution in [3.63, 3.8) is 0 Å². The minimum atomic E-state index is -0.154. The Bertz CT molecular complexity index is 559. The zero-order chi connectivity index (χ0) is 18.6. The number of nitrogens with zero attached hydrogens (tertiary/aromatic N) is 1. The van der Waals surface area contributed by atoms with Gasteiger partial charge in [-0.25, -0.2) is 0 Å². The van der Waals surface area contributed by atoms with Gasteiger partial charge in [-0.15, -0.1) is 0 Å². The summed E-state index contributed by atoms with van der Waals surface area (Å²) in [4.78, 5) is 25.7. The van der Waals surface area contributed by atoms with Gasteiger partial charge < -0.3 is 19.7 Å². The van der Waals surface area contributed by atoms with Gasteiger partial charge >= 0.3 is 0 Å². The Morgan fingerprint density at radius 1 is 1.12 bits per heavy atom. The van der Waals surface area contributed by atoms with Gasteiger partial charge in [0.2, 0.25) is 5.91 Å². The number of carbonyl (C=O) groups excluding carboxylic acids is 2. The maximum absolute atomic E-state index is 11.9. The topological polar surface area (TPSA) is 67.9 Å². The highest BCUT2D eigenvalue weighted by Crippen LogP contribution is 2.17. The first-order valence-electron chi connectivity index (χ1n) is 9.59. The summed E-state index contributed by atoms with van der Waals surface area (Å²) in [5, 5.41) is 2.84. The number of ether oxygens (including phenoxy) is 2. The molecule has 2 amide bonds. The molecule has 1 aromatic carbocycles. The smallest absolute Gasteiger partial charge is 0.257 e.